The molecule has 0 aliphatic heterocycles. The molecule has 1 aromatic carbocycles. The van der Waals surface area contributed by atoms with Gasteiger partial charge in [-0.25, -0.2) is 9.59 Å². The molecule has 0 aromatic heterocycles. The van der Waals surface area contributed by atoms with Crippen LogP contribution in [0, 0.1) is 0 Å². The van der Waals surface area contributed by atoms with Crippen molar-refractivity contribution in [1.82, 2.24) is 5.32 Å². The normalized spacial score (nSPS) is 11.7. The van der Waals surface area contributed by atoms with Gasteiger partial charge in [-0.15, -0.1) is 11.8 Å². The van der Waals surface area contributed by atoms with Gasteiger partial charge < -0.3 is 14.8 Å². The van der Waals surface area contributed by atoms with Crippen molar-refractivity contribution >= 4 is 29.6 Å². The number of hydrogen-bond acceptors (Lipinski definition) is 5. The first-order chi connectivity index (χ1) is 12.4. The second-order valence-electron chi connectivity index (χ2n) is 8.11. The van der Waals surface area contributed by atoms with Crippen LogP contribution in [0.25, 0.3) is 0 Å². The summed E-state index contributed by atoms with van der Waals surface area (Å²) in [6.07, 6.45) is 1.71. The van der Waals surface area contributed by atoms with Crippen LogP contribution in [0.4, 0.5) is 15.3 Å². The molecule has 0 bridgehead atoms. The molecule has 1 rings (SSSR count). The number of thioether (sulfide) groups is 1. The summed E-state index contributed by atoms with van der Waals surface area (Å²) in [5.41, 5.74) is -0.353. The number of nitrogens with one attached hydrogen (secondary N) is 1. The van der Waals surface area contributed by atoms with Crippen molar-refractivity contribution in [3.05, 3.63) is 24.3 Å². The van der Waals surface area contributed by atoms with Crippen LogP contribution in [0.1, 0.15) is 48.0 Å². The van der Waals surface area contributed by atoms with Crippen molar-refractivity contribution in [2.45, 2.75) is 64.1 Å². The van der Waals surface area contributed by atoms with E-state index in [1.807, 2.05) is 72.1 Å². The van der Waals surface area contributed by atoms with E-state index in [2.05, 4.69) is 5.32 Å². The monoisotopic (exact) mass is 396 g/mol. The molecule has 1 N–H and O–H groups in total. The van der Waals surface area contributed by atoms with Gasteiger partial charge >= 0.3 is 12.2 Å². The van der Waals surface area contributed by atoms with Crippen LogP contribution in [0.2, 0.25) is 0 Å². The van der Waals surface area contributed by atoms with Crippen LogP contribution in [-0.4, -0.2) is 42.7 Å². The lowest BCUT2D eigenvalue weighted by molar-refractivity contribution is 0.0527. The lowest BCUT2D eigenvalue weighted by Gasteiger charge is -2.27. The molecule has 1 aromatic rings. The van der Waals surface area contributed by atoms with Crippen molar-refractivity contribution < 1.29 is 19.1 Å². The first-order valence-electron chi connectivity index (χ1n) is 9.03. The molecule has 2 amide bonds. The highest BCUT2D eigenvalue weighted by atomic mass is 32.2. The smallest absolute Gasteiger partial charge is 0.414 e. The largest absolute Gasteiger partial charge is 0.444 e. The number of alkyl carbamates (subject to hydrolysis) is 1. The van der Waals surface area contributed by atoms with Gasteiger partial charge in [0.25, 0.3) is 0 Å². The third-order valence-electron chi connectivity index (χ3n) is 3.22. The van der Waals surface area contributed by atoms with Crippen LogP contribution >= 0.6 is 11.8 Å². The molecule has 152 valence electrons. The van der Waals surface area contributed by atoms with Gasteiger partial charge in [0.05, 0.1) is 0 Å². The van der Waals surface area contributed by atoms with Crippen LogP contribution in [0.5, 0.6) is 0 Å². The van der Waals surface area contributed by atoms with Gasteiger partial charge in [0.15, 0.2) is 0 Å². The molecular weight excluding hydrogens is 364 g/mol. The van der Waals surface area contributed by atoms with Gasteiger partial charge in [-0.2, -0.15) is 0 Å². The lowest BCUT2D eigenvalue weighted by atomic mass is 10.2. The van der Waals surface area contributed by atoms with Crippen molar-refractivity contribution in [3.8, 4) is 0 Å². The maximum absolute atomic E-state index is 12.6. The summed E-state index contributed by atoms with van der Waals surface area (Å²) >= 11 is 1.64. The standard InChI is InChI=1S/C20H32N2O4S/c1-19(2,3)25-17(23)21-13-8-14-22(18(24)26-20(4,5)6)15-9-11-16(27-7)12-10-15/h9-12H,8,13-14H2,1-7H3,(H,21,23). The number of ether oxygens (including phenoxy) is 2. The number of amides is 2. The molecule has 0 radical (unpaired) electrons. The number of benzene rings is 1. The zero-order valence-electron chi connectivity index (χ0n) is 17.4. The van der Waals surface area contributed by atoms with E-state index >= 15 is 0 Å². The molecule has 27 heavy (non-hydrogen) atoms. The number of rotatable bonds is 6. The fourth-order valence-corrected chi connectivity index (χ4v) is 2.56. The topological polar surface area (TPSA) is 67.9 Å². The van der Waals surface area contributed by atoms with Crippen molar-refractivity contribution in [1.29, 1.82) is 0 Å². The fraction of sp³-hybridized carbons (Fsp3) is 0.600. The van der Waals surface area contributed by atoms with Crippen molar-refractivity contribution in [2.24, 2.45) is 0 Å². The summed E-state index contributed by atoms with van der Waals surface area (Å²) < 4.78 is 10.7. The molecule has 0 saturated heterocycles. The Balaban J connectivity index is 2.71. The Bertz CT molecular complexity index is 618. The minimum absolute atomic E-state index is 0.400. The summed E-state index contributed by atoms with van der Waals surface area (Å²) in [5.74, 6) is 0. The third kappa shape index (κ3) is 9.56. The predicted octanol–water partition coefficient (Wildman–Crippen LogP) is 5.06. The quantitative estimate of drug-likeness (QED) is 0.537. The molecule has 0 atom stereocenters. The zero-order chi connectivity index (χ0) is 20.7. The van der Waals surface area contributed by atoms with E-state index in [-0.39, 0.29) is 0 Å². The van der Waals surface area contributed by atoms with Gasteiger partial charge in [-0.05, 0) is 78.5 Å². The Hall–Kier alpha value is -1.89. The van der Waals surface area contributed by atoms with Crippen LogP contribution in [0.3, 0.4) is 0 Å². The Kier molecular flexibility index (Phi) is 8.47. The highest BCUT2D eigenvalue weighted by molar-refractivity contribution is 7.98. The third-order valence-corrected chi connectivity index (χ3v) is 3.97. The maximum atomic E-state index is 12.6. The van der Waals surface area contributed by atoms with E-state index in [0.29, 0.717) is 19.5 Å². The van der Waals surface area contributed by atoms with Gasteiger partial charge in [0.1, 0.15) is 11.2 Å². The Morgan fingerprint density at radius 1 is 1.00 bits per heavy atom. The SMILES string of the molecule is CSc1ccc(N(CCCNC(=O)OC(C)(C)C)C(=O)OC(C)(C)C)cc1. The minimum atomic E-state index is -0.580. The number of anilines is 1. The van der Waals surface area contributed by atoms with Gasteiger partial charge in [0.2, 0.25) is 0 Å². The van der Waals surface area contributed by atoms with E-state index in [4.69, 9.17) is 9.47 Å². The first-order valence-corrected chi connectivity index (χ1v) is 10.3. The molecule has 6 nitrogen and oxygen atoms in total. The summed E-state index contributed by atoms with van der Waals surface area (Å²) in [6, 6.07) is 7.74. The van der Waals surface area contributed by atoms with Crippen molar-refractivity contribution in [2.75, 3.05) is 24.2 Å². The first kappa shape index (κ1) is 23.1. The van der Waals surface area contributed by atoms with Gasteiger partial charge in [0, 0.05) is 23.7 Å². The number of carbonyl (C=O) groups is 2. The second-order valence-corrected chi connectivity index (χ2v) is 8.99. The summed E-state index contributed by atoms with van der Waals surface area (Å²) in [6.45, 7) is 11.8. The van der Waals surface area contributed by atoms with Crippen molar-refractivity contribution in [3.63, 3.8) is 0 Å². The highest BCUT2D eigenvalue weighted by Gasteiger charge is 2.23. The fourth-order valence-electron chi connectivity index (χ4n) is 2.15. The van der Waals surface area contributed by atoms with E-state index in [1.165, 1.54) is 0 Å². The molecule has 0 saturated carbocycles. The summed E-state index contributed by atoms with van der Waals surface area (Å²) in [4.78, 5) is 27.0. The average molecular weight is 397 g/mol. The Morgan fingerprint density at radius 3 is 2.04 bits per heavy atom. The van der Waals surface area contributed by atoms with E-state index in [0.717, 1.165) is 10.6 Å². The van der Waals surface area contributed by atoms with E-state index < -0.39 is 23.4 Å². The Labute approximate surface area is 167 Å². The number of nitrogens with zero attached hydrogens (tertiary/aromatic N) is 1. The number of carbonyl (C=O) groups excluding carboxylic acids is 2. The molecular formula is C20H32N2O4S. The second kappa shape index (κ2) is 9.88. The number of hydrogen-bond donors (Lipinski definition) is 1. The summed E-state index contributed by atoms with van der Waals surface area (Å²) in [7, 11) is 0. The van der Waals surface area contributed by atoms with Crippen LogP contribution < -0.4 is 10.2 Å². The zero-order valence-corrected chi connectivity index (χ0v) is 18.2. The van der Waals surface area contributed by atoms with Crippen LogP contribution in [-0.2, 0) is 9.47 Å². The lowest BCUT2D eigenvalue weighted by Crippen LogP contribution is -2.39. The molecule has 0 aliphatic carbocycles. The molecule has 0 heterocycles. The Morgan fingerprint density at radius 2 is 1.56 bits per heavy atom. The van der Waals surface area contributed by atoms with E-state index in [1.54, 1.807) is 16.7 Å². The van der Waals surface area contributed by atoms with Gasteiger partial charge in [-0.1, -0.05) is 0 Å². The molecule has 0 spiro atoms. The van der Waals surface area contributed by atoms with E-state index in [9.17, 15) is 9.59 Å². The minimum Gasteiger partial charge on any atom is -0.444 e. The van der Waals surface area contributed by atoms with Crippen LogP contribution in [0.15, 0.2) is 29.2 Å². The predicted molar refractivity (Wildman–Crippen MR) is 111 cm³/mol. The molecule has 7 heteroatoms. The van der Waals surface area contributed by atoms with Gasteiger partial charge in [-0.3, -0.25) is 4.90 Å². The summed E-state index contributed by atoms with van der Waals surface area (Å²) in [5, 5.41) is 2.71. The molecule has 0 unspecified atom stereocenters. The average Bonchev–Trinajstić information content (AvgIpc) is 2.51. The molecule has 0 aliphatic rings. The highest BCUT2D eigenvalue weighted by Crippen LogP contribution is 2.22. The maximum Gasteiger partial charge on any atom is 0.414 e. The molecule has 0 fully saturated rings.